The van der Waals surface area contributed by atoms with E-state index >= 15 is 0 Å². The highest BCUT2D eigenvalue weighted by Crippen LogP contribution is 2.26. The van der Waals surface area contributed by atoms with Gasteiger partial charge in [-0.05, 0) is 0 Å². The van der Waals surface area contributed by atoms with Crippen LogP contribution in [0.25, 0.3) is 0 Å². The van der Waals surface area contributed by atoms with Gasteiger partial charge in [-0.25, -0.2) is 9.78 Å². The maximum atomic E-state index is 11.4. The van der Waals surface area contributed by atoms with E-state index in [2.05, 4.69) is 9.97 Å². The SMILES string of the molecule is Nc1ncn([13C@@H]2[13CH2][13C@H](O)[13C@@H]([13CH2]O)O2)c(=O)n1. The maximum absolute atomic E-state index is 11.4. The van der Waals surface area contributed by atoms with Gasteiger partial charge in [0, 0.05) is 6.42 Å². The third kappa shape index (κ3) is 1.90. The highest BCUT2D eigenvalue weighted by atomic mass is 16.7. The number of ether oxygens (including phenoxy) is 1. The van der Waals surface area contributed by atoms with Crippen LogP contribution < -0.4 is 11.4 Å². The summed E-state index contributed by atoms with van der Waals surface area (Å²) in [7, 11) is 0. The Labute approximate surface area is 90.3 Å². The quantitative estimate of drug-likeness (QED) is 0.498. The second-order valence-electron chi connectivity index (χ2n) is 3.52. The van der Waals surface area contributed by atoms with Crippen LogP contribution in [0.1, 0.15) is 12.6 Å². The predicted octanol–water partition coefficient (Wildman–Crippen LogP) is -2.14. The standard InChI is InChI=1S/C8H12N4O4/c9-7-10-3-12(8(15)11-7)6-1-4(14)5(2-13)16-6/h3-6,13-14H,1-2H2,(H2,9,11,15)/t4-,5+,6-/m0/s1/i1+1,2+1,4+1,5+1,6+1. The molecular weight excluding hydrogens is 221 g/mol. The highest BCUT2D eigenvalue weighted by molar-refractivity contribution is 5.09. The van der Waals surface area contributed by atoms with Gasteiger partial charge in [0.05, 0.1) is 12.7 Å². The summed E-state index contributed by atoms with van der Waals surface area (Å²) in [6.07, 6.45) is -0.741. The molecule has 1 aliphatic heterocycles. The predicted molar refractivity (Wildman–Crippen MR) is 52.3 cm³/mol. The number of hydrogen-bond donors (Lipinski definition) is 3. The zero-order valence-electron chi connectivity index (χ0n) is 8.35. The number of nitrogens with zero attached hydrogens (tertiary/aromatic N) is 3. The van der Waals surface area contributed by atoms with Crippen molar-refractivity contribution >= 4 is 5.95 Å². The lowest BCUT2D eigenvalue weighted by Crippen LogP contribution is -2.28. The Hall–Kier alpha value is -1.51. The van der Waals surface area contributed by atoms with E-state index in [1.165, 1.54) is 6.33 Å². The summed E-state index contributed by atoms with van der Waals surface area (Å²) in [4.78, 5) is 18.5. The fourth-order valence-corrected chi connectivity index (χ4v) is 1.60. The van der Waals surface area contributed by atoms with E-state index in [4.69, 9.17) is 15.6 Å². The van der Waals surface area contributed by atoms with E-state index < -0.39 is 24.1 Å². The van der Waals surface area contributed by atoms with Gasteiger partial charge in [0.2, 0.25) is 5.95 Å². The van der Waals surface area contributed by atoms with Gasteiger partial charge in [-0.15, -0.1) is 0 Å². The molecule has 1 aliphatic rings. The third-order valence-corrected chi connectivity index (χ3v) is 2.44. The molecule has 16 heavy (non-hydrogen) atoms. The molecule has 2 rings (SSSR count). The lowest BCUT2D eigenvalue weighted by molar-refractivity contribution is -0.0462. The Morgan fingerprint density at radius 3 is 3.00 bits per heavy atom. The minimum Gasteiger partial charge on any atom is -0.394 e. The van der Waals surface area contributed by atoms with E-state index in [0.29, 0.717) is 0 Å². The van der Waals surface area contributed by atoms with Crippen LogP contribution in [0.15, 0.2) is 11.1 Å². The van der Waals surface area contributed by atoms with Gasteiger partial charge in [-0.2, -0.15) is 4.98 Å². The molecule has 0 bridgehead atoms. The molecule has 0 amide bonds. The molecule has 0 unspecified atom stereocenters. The van der Waals surface area contributed by atoms with Crippen LogP contribution in [-0.4, -0.2) is 43.6 Å². The lowest BCUT2D eigenvalue weighted by Gasteiger charge is -2.13. The van der Waals surface area contributed by atoms with Crippen molar-refractivity contribution in [1.82, 2.24) is 14.5 Å². The molecule has 8 nitrogen and oxygen atoms in total. The average molecular weight is 233 g/mol. The Kier molecular flexibility index (Phi) is 2.86. The number of rotatable bonds is 2. The van der Waals surface area contributed by atoms with Gasteiger partial charge in [0.15, 0.2) is 0 Å². The molecular formula is C8H12N4O4. The van der Waals surface area contributed by atoms with Gasteiger partial charge in [0.25, 0.3) is 0 Å². The number of nitrogens with two attached hydrogens (primary N) is 1. The summed E-state index contributed by atoms with van der Waals surface area (Å²) in [5.41, 5.74) is 4.65. The zero-order chi connectivity index (χ0) is 11.7. The first-order valence-corrected chi connectivity index (χ1v) is 4.77. The van der Waals surface area contributed by atoms with Crippen LogP contribution in [0.5, 0.6) is 0 Å². The van der Waals surface area contributed by atoms with Crippen LogP contribution in [0.2, 0.25) is 0 Å². The number of nitrogen functional groups attached to an aromatic ring is 1. The van der Waals surface area contributed by atoms with E-state index in [1.54, 1.807) is 0 Å². The monoisotopic (exact) mass is 233 g/mol. The lowest BCUT2D eigenvalue weighted by atomic mass is 10.9. The summed E-state index contributed by atoms with van der Waals surface area (Å²) in [6, 6.07) is 0. The Balaban J connectivity index is 2.23. The molecule has 1 saturated heterocycles. The minimum absolute atomic E-state index is 0.112. The molecule has 4 N–H and O–H groups in total. The first kappa shape index (κ1) is 11.0. The topological polar surface area (TPSA) is 123 Å². The van der Waals surface area contributed by atoms with Crippen LogP contribution in [-0.2, 0) is 4.74 Å². The van der Waals surface area contributed by atoms with Gasteiger partial charge in [-0.3, -0.25) is 4.57 Å². The molecule has 88 valence electrons. The summed E-state index contributed by atoms with van der Waals surface area (Å²) >= 11 is 0. The van der Waals surface area contributed by atoms with E-state index in [-0.39, 0.29) is 19.0 Å². The Morgan fingerprint density at radius 2 is 2.44 bits per heavy atom. The molecule has 3 atom stereocenters. The van der Waals surface area contributed by atoms with Crippen molar-refractivity contribution in [3.63, 3.8) is 0 Å². The molecule has 0 saturated carbocycles. The normalized spacial score (nSPS) is 29.5. The molecule has 1 aromatic rings. The Bertz CT molecular complexity index is 434. The van der Waals surface area contributed by atoms with E-state index in [0.717, 1.165) is 4.57 Å². The van der Waals surface area contributed by atoms with Gasteiger partial charge in [-0.1, -0.05) is 0 Å². The van der Waals surface area contributed by atoms with Crippen molar-refractivity contribution in [2.45, 2.75) is 24.9 Å². The Morgan fingerprint density at radius 1 is 1.69 bits per heavy atom. The number of hydrogen-bond acceptors (Lipinski definition) is 7. The number of aliphatic hydroxyl groups is 2. The van der Waals surface area contributed by atoms with Crippen molar-refractivity contribution in [2.24, 2.45) is 0 Å². The molecule has 0 radical (unpaired) electrons. The fraction of sp³-hybridized carbons (Fsp3) is 0.625. The zero-order valence-corrected chi connectivity index (χ0v) is 8.35. The van der Waals surface area contributed by atoms with Crippen LogP contribution in [0.3, 0.4) is 0 Å². The summed E-state index contributed by atoms with van der Waals surface area (Å²) in [6.45, 7) is -0.303. The fourth-order valence-electron chi connectivity index (χ4n) is 1.60. The highest BCUT2D eigenvalue weighted by Gasteiger charge is 2.35. The third-order valence-electron chi connectivity index (χ3n) is 2.44. The average Bonchev–Trinajstić information content (AvgIpc) is 2.59. The number of anilines is 1. The van der Waals surface area contributed by atoms with E-state index in [9.17, 15) is 9.90 Å². The van der Waals surface area contributed by atoms with Crippen LogP contribution in [0.4, 0.5) is 5.95 Å². The van der Waals surface area contributed by atoms with E-state index in [1.807, 2.05) is 0 Å². The second kappa shape index (κ2) is 4.16. The largest absolute Gasteiger partial charge is 0.394 e. The van der Waals surface area contributed by atoms with Crippen LogP contribution >= 0.6 is 0 Å². The van der Waals surface area contributed by atoms with Crippen LogP contribution in [0, 0.1) is 0 Å². The number of aromatic nitrogens is 3. The number of aliphatic hydroxyl groups excluding tert-OH is 2. The van der Waals surface area contributed by atoms with Gasteiger partial charge in [0.1, 0.15) is 18.7 Å². The smallest absolute Gasteiger partial charge is 0.354 e. The molecule has 0 aliphatic carbocycles. The van der Waals surface area contributed by atoms with Crippen molar-refractivity contribution in [3.05, 3.63) is 16.8 Å². The molecule has 2 heterocycles. The first-order valence-electron chi connectivity index (χ1n) is 4.77. The second-order valence-corrected chi connectivity index (χ2v) is 3.52. The maximum Gasteiger partial charge on any atom is 0.354 e. The first-order chi connectivity index (χ1) is 7.61. The molecule has 1 fully saturated rings. The van der Waals surface area contributed by atoms with Crippen molar-refractivity contribution in [3.8, 4) is 0 Å². The molecule has 0 spiro atoms. The van der Waals surface area contributed by atoms with Crippen molar-refractivity contribution in [1.29, 1.82) is 0 Å². The molecule has 0 aromatic carbocycles. The van der Waals surface area contributed by atoms with Gasteiger partial charge >= 0.3 is 5.69 Å². The minimum atomic E-state index is -0.806. The summed E-state index contributed by atoms with van der Waals surface area (Å²) < 4.78 is 6.41. The van der Waals surface area contributed by atoms with Crippen molar-refractivity contribution in [2.75, 3.05) is 12.3 Å². The molecule has 1 aromatic heterocycles. The molecule has 8 heteroatoms. The summed E-state index contributed by atoms with van der Waals surface area (Å²) in [5.74, 6) is -0.112. The van der Waals surface area contributed by atoms with Gasteiger partial charge < -0.3 is 20.7 Å². The van der Waals surface area contributed by atoms with Crippen molar-refractivity contribution < 1.29 is 14.9 Å². The summed E-state index contributed by atoms with van der Waals surface area (Å²) in [5, 5.41) is 18.4.